The van der Waals surface area contributed by atoms with E-state index in [1.165, 1.54) is 6.92 Å². The van der Waals surface area contributed by atoms with Gasteiger partial charge in [-0.05, 0) is 24.6 Å². The van der Waals surface area contributed by atoms with Crippen molar-refractivity contribution in [3.05, 3.63) is 34.9 Å². The van der Waals surface area contributed by atoms with Gasteiger partial charge in [-0.3, -0.25) is 4.79 Å². The number of hydrogen-bond donors (Lipinski definition) is 0. The largest absolute Gasteiger partial charge is 0.389 e. The molecule has 1 aromatic carbocycles. The van der Waals surface area contributed by atoms with E-state index in [1.54, 1.807) is 0 Å². The molecule has 0 bridgehead atoms. The maximum atomic E-state index is 13.2. The smallest absolute Gasteiger partial charge is 0.294 e. The molecule has 0 saturated carbocycles. The number of aryl methyl sites for hydroxylation is 1. The van der Waals surface area contributed by atoms with Gasteiger partial charge in [-0.25, -0.2) is 8.78 Å². The van der Waals surface area contributed by atoms with Crippen molar-refractivity contribution in [3.8, 4) is 0 Å². The van der Waals surface area contributed by atoms with Crippen LogP contribution in [0.3, 0.4) is 0 Å². The summed E-state index contributed by atoms with van der Waals surface area (Å²) < 4.78 is 61.9. The van der Waals surface area contributed by atoms with Crippen LogP contribution in [-0.2, 0) is 0 Å². The number of ketones is 1. The van der Waals surface area contributed by atoms with Crippen molar-refractivity contribution in [1.29, 1.82) is 0 Å². The predicted octanol–water partition coefficient (Wildman–Crippen LogP) is 3.80. The Morgan fingerprint density at radius 2 is 1.76 bits per heavy atom. The average molecular weight is 252 g/mol. The van der Waals surface area contributed by atoms with Gasteiger partial charge in [-0.1, -0.05) is 0 Å². The second-order valence-corrected chi connectivity index (χ2v) is 3.62. The van der Waals surface area contributed by atoms with Crippen LogP contribution in [0.1, 0.15) is 28.8 Å². The van der Waals surface area contributed by atoms with Crippen molar-refractivity contribution < 1.29 is 26.7 Å². The summed E-state index contributed by atoms with van der Waals surface area (Å²) in [5.74, 6) is -2.88. The molecule has 0 fully saturated rings. The summed E-state index contributed by atoms with van der Waals surface area (Å²) in [4.78, 5) is 11.3. The van der Waals surface area contributed by atoms with Crippen molar-refractivity contribution in [3.63, 3.8) is 0 Å². The Bertz CT molecular complexity index is 436. The van der Waals surface area contributed by atoms with E-state index < -0.39 is 42.0 Å². The second kappa shape index (κ2) is 4.81. The number of rotatable bonds is 3. The molecule has 0 aliphatic heterocycles. The first-order valence-electron chi connectivity index (χ1n) is 4.76. The average Bonchev–Trinajstić information content (AvgIpc) is 2.19. The number of Topliss-reactive ketones (excluding diaryl/α,β-unsaturated/α-hetero) is 1. The van der Waals surface area contributed by atoms with Gasteiger partial charge >= 0.3 is 6.18 Å². The fourth-order valence-corrected chi connectivity index (χ4v) is 1.25. The van der Waals surface area contributed by atoms with Gasteiger partial charge < -0.3 is 0 Å². The van der Waals surface area contributed by atoms with E-state index in [2.05, 4.69) is 0 Å². The van der Waals surface area contributed by atoms with Crippen LogP contribution >= 0.6 is 0 Å². The summed E-state index contributed by atoms with van der Waals surface area (Å²) in [5.41, 5.74) is -0.646. The zero-order valence-electron chi connectivity index (χ0n) is 8.87. The van der Waals surface area contributed by atoms with E-state index in [1.807, 2.05) is 0 Å². The van der Waals surface area contributed by atoms with Crippen LogP contribution in [0.4, 0.5) is 22.0 Å². The van der Waals surface area contributed by atoms with Gasteiger partial charge in [0.1, 0.15) is 11.6 Å². The maximum absolute atomic E-state index is 13.2. The molecule has 0 unspecified atom stereocenters. The Labute approximate surface area is 94.2 Å². The highest BCUT2D eigenvalue weighted by atomic mass is 19.4. The monoisotopic (exact) mass is 252 g/mol. The topological polar surface area (TPSA) is 17.1 Å². The Balaban J connectivity index is 2.86. The fourth-order valence-electron chi connectivity index (χ4n) is 1.25. The van der Waals surface area contributed by atoms with Gasteiger partial charge in [0.2, 0.25) is 0 Å². The molecule has 1 aromatic rings. The molecule has 0 N–H and O–H groups in total. The Kier molecular flexibility index (Phi) is 3.85. The van der Waals surface area contributed by atoms with Crippen LogP contribution in [0.25, 0.3) is 0 Å². The molecule has 94 valence electrons. The van der Waals surface area contributed by atoms with Crippen LogP contribution in [-0.4, -0.2) is 12.0 Å². The molecule has 0 heterocycles. The molecule has 0 aliphatic rings. The number of carbonyl (C=O) groups excluding carboxylic acids is 1. The normalized spacial score (nSPS) is 11.6. The van der Waals surface area contributed by atoms with Crippen molar-refractivity contribution in [1.82, 2.24) is 0 Å². The third kappa shape index (κ3) is 3.80. The molecular formula is C11H9F5O. The highest BCUT2D eigenvalue weighted by Gasteiger charge is 2.28. The summed E-state index contributed by atoms with van der Waals surface area (Å²) in [5, 5.41) is 0. The van der Waals surface area contributed by atoms with Crippen LogP contribution < -0.4 is 0 Å². The number of carbonyl (C=O) groups is 1. The highest BCUT2D eigenvalue weighted by Crippen LogP contribution is 2.24. The molecule has 1 rings (SSSR count). The molecule has 0 aliphatic carbocycles. The van der Waals surface area contributed by atoms with E-state index in [-0.39, 0.29) is 5.56 Å². The van der Waals surface area contributed by atoms with E-state index in [0.717, 1.165) is 6.07 Å². The molecule has 6 heteroatoms. The summed E-state index contributed by atoms with van der Waals surface area (Å²) >= 11 is 0. The number of alkyl halides is 3. The second-order valence-electron chi connectivity index (χ2n) is 3.62. The zero-order chi connectivity index (χ0) is 13.2. The minimum Gasteiger partial charge on any atom is -0.294 e. The van der Waals surface area contributed by atoms with Crippen molar-refractivity contribution in [2.45, 2.75) is 25.9 Å². The number of benzene rings is 1. The maximum Gasteiger partial charge on any atom is 0.389 e. The Morgan fingerprint density at radius 3 is 2.29 bits per heavy atom. The van der Waals surface area contributed by atoms with Crippen molar-refractivity contribution in [2.24, 2.45) is 0 Å². The van der Waals surface area contributed by atoms with Gasteiger partial charge in [0.25, 0.3) is 0 Å². The first-order valence-corrected chi connectivity index (χ1v) is 4.76. The molecule has 0 saturated heterocycles. The van der Waals surface area contributed by atoms with E-state index >= 15 is 0 Å². The van der Waals surface area contributed by atoms with Gasteiger partial charge in [0.15, 0.2) is 5.78 Å². The summed E-state index contributed by atoms with van der Waals surface area (Å²) in [6.45, 7) is 1.29. The first kappa shape index (κ1) is 13.6. The van der Waals surface area contributed by atoms with Gasteiger partial charge in [0.05, 0.1) is 12.0 Å². The van der Waals surface area contributed by atoms with Crippen LogP contribution in [0.5, 0.6) is 0 Å². The quantitative estimate of drug-likeness (QED) is 0.590. The fraction of sp³-hybridized carbons (Fsp3) is 0.364. The predicted molar refractivity (Wildman–Crippen MR) is 50.7 cm³/mol. The van der Waals surface area contributed by atoms with Gasteiger partial charge in [-0.15, -0.1) is 0 Å². The molecule has 0 radical (unpaired) electrons. The lowest BCUT2D eigenvalue weighted by Crippen LogP contribution is -2.12. The van der Waals surface area contributed by atoms with Gasteiger partial charge in [0, 0.05) is 6.42 Å². The third-order valence-corrected chi connectivity index (χ3v) is 2.18. The third-order valence-electron chi connectivity index (χ3n) is 2.18. The lowest BCUT2D eigenvalue weighted by Gasteiger charge is -2.07. The first-order chi connectivity index (χ1) is 7.70. The lowest BCUT2D eigenvalue weighted by molar-refractivity contribution is -0.133. The van der Waals surface area contributed by atoms with E-state index in [0.29, 0.717) is 6.07 Å². The number of hydrogen-bond acceptors (Lipinski definition) is 1. The molecule has 0 aromatic heterocycles. The molecule has 0 amide bonds. The molecule has 0 spiro atoms. The zero-order valence-corrected chi connectivity index (χ0v) is 8.87. The Hall–Kier alpha value is -1.46. The minimum absolute atomic E-state index is 0.00475. The lowest BCUT2D eigenvalue weighted by atomic mass is 10.0. The van der Waals surface area contributed by atoms with Crippen LogP contribution in [0, 0.1) is 18.6 Å². The van der Waals surface area contributed by atoms with Gasteiger partial charge in [-0.2, -0.15) is 13.2 Å². The standard InChI is InChI=1S/C11H9F5O/c1-6-4-9(13)7(5-8(6)12)10(17)2-3-11(14,15)16/h4-5H,2-3H2,1H3. The molecule has 0 atom stereocenters. The summed E-state index contributed by atoms with van der Waals surface area (Å²) in [6, 6.07) is 1.42. The molecule has 17 heavy (non-hydrogen) atoms. The van der Waals surface area contributed by atoms with Crippen molar-refractivity contribution in [2.75, 3.05) is 0 Å². The van der Waals surface area contributed by atoms with E-state index in [4.69, 9.17) is 0 Å². The SMILES string of the molecule is Cc1cc(F)c(C(=O)CCC(F)(F)F)cc1F. The summed E-state index contributed by atoms with van der Waals surface area (Å²) in [6.07, 6.45) is -6.72. The van der Waals surface area contributed by atoms with Crippen LogP contribution in [0.2, 0.25) is 0 Å². The molecule has 1 nitrogen and oxygen atoms in total. The van der Waals surface area contributed by atoms with Crippen molar-refractivity contribution >= 4 is 5.78 Å². The summed E-state index contributed by atoms with van der Waals surface area (Å²) in [7, 11) is 0. The minimum atomic E-state index is -4.49. The van der Waals surface area contributed by atoms with Crippen LogP contribution in [0.15, 0.2) is 12.1 Å². The molecular weight excluding hydrogens is 243 g/mol. The Morgan fingerprint density at radius 1 is 1.18 bits per heavy atom. The highest BCUT2D eigenvalue weighted by molar-refractivity contribution is 5.96. The number of halogens is 5. The van der Waals surface area contributed by atoms with E-state index in [9.17, 15) is 26.7 Å².